The zero-order chi connectivity index (χ0) is 18.1. The molecule has 0 unspecified atom stereocenters. The van der Waals surface area contributed by atoms with Gasteiger partial charge in [-0.15, -0.1) is 11.3 Å². The standard InChI is InChI=1S/C18H24N4O2S/c1-4-19-17(21-12-16-10-5-13(2)25-16)20-11-14-6-8-15(9-7-14)22-18(23)24-3/h5-10H,4,11-12H2,1-3H3,(H,22,23)(H2,19,20,21). The highest BCUT2D eigenvalue weighted by Gasteiger charge is 2.02. The maximum absolute atomic E-state index is 11.2. The van der Waals surface area contributed by atoms with Gasteiger partial charge in [-0.25, -0.2) is 9.79 Å². The summed E-state index contributed by atoms with van der Waals surface area (Å²) in [6.45, 7) is 6.26. The number of carbonyl (C=O) groups is 1. The molecule has 2 aromatic rings. The quantitative estimate of drug-likeness (QED) is 0.544. The molecule has 1 aromatic heterocycles. The number of hydrogen-bond donors (Lipinski definition) is 3. The largest absolute Gasteiger partial charge is 0.453 e. The lowest BCUT2D eigenvalue weighted by Crippen LogP contribution is -2.36. The Labute approximate surface area is 152 Å². The Hall–Kier alpha value is -2.54. The number of aliphatic imine (C=N–C) groups is 1. The van der Waals surface area contributed by atoms with E-state index in [1.807, 2.05) is 31.2 Å². The zero-order valence-corrected chi connectivity index (χ0v) is 15.6. The highest BCUT2D eigenvalue weighted by Crippen LogP contribution is 2.14. The molecule has 2 rings (SSSR count). The van der Waals surface area contributed by atoms with Crippen LogP contribution < -0.4 is 16.0 Å². The number of thiophene rings is 1. The van der Waals surface area contributed by atoms with Crippen molar-refractivity contribution in [3.8, 4) is 0 Å². The Morgan fingerprint density at radius 1 is 1.16 bits per heavy atom. The highest BCUT2D eigenvalue weighted by molar-refractivity contribution is 7.11. The van der Waals surface area contributed by atoms with Gasteiger partial charge in [-0.3, -0.25) is 5.32 Å². The van der Waals surface area contributed by atoms with Crippen LogP contribution in [0.3, 0.4) is 0 Å². The number of nitrogens with zero attached hydrogens (tertiary/aromatic N) is 1. The van der Waals surface area contributed by atoms with Crippen molar-refractivity contribution in [3.63, 3.8) is 0 Å². The molecule has 0 aliphatic rings. The molecule has 0 saturated heterocycles. The Balaban J connectivity index is 1.92. The predicted octanol–water partition coefficient (Wildman–Crippen LogP) is 3.49. The molecule has 0 bridgehead atoms. The van der Waals surface area contributed by atoms with E-state index in [0.29, 0.717) is 12.2 Å². The van der Waals surface area contributed by atoms with Gasteiger partial charge in [-0.2, -0.15) is 0 Å². The smallest absolute Gasteiger partial charge is 0.411 e. The van der Waals surface area contributed by atoms with Gasteiger partial charge in [0.25, 0.3) is 0 Å². The van der Waals surface area contributed by atoms with Crippen molar-refractivity contribution < 1.29 is 9.53 Å². The minimum Gasteiger partial charge on any atom is -0.453 e. The van der Waals surface area contributed by atoms with E-state index in [-0.39, 0.29) is 0 Å². The van der Waals surface area contributed by atoms with Crippen molar-refractivity contribution >= 4 is 29.1 Å². The molecule has 1 heterocycles. The van der Waals surface area contributed by atoms with Gasteiger partial charge in [0.2, 0.25) is 0 Å². The van der Waals surface area contributed by atoms with Gasteiger partial charge in [0.15, 0.2) is 5.96 Å². The molecule has 1 aromatic carbocycles. The Morgan fingerprint density at radius 2 is 1.92 bits per heavy atom. The molecule has 134 valence electrons. The minimum atomic E-state index is -0.479. The molecule has 25 heavy (non-hydrogen) atoms. The number of anilines is 1. The molecule has 1 amide bonds. The van der Waals surface area contributed by atoms with Crippen molar-refractivity contribution in [2.24, 2.45) is 4.99 Å². The second-order valence-corrected chi connectivity index (χ2v) is 6.75. The number of benzene rings is 1. The van der Waals surface area contributed by atoms with Crippen molar-refractivity contribution in [2.45, 2.75) is 26.9 Å². The maximum atomic E-state index is 11.2. The summed E-state index contributed by atoms with van der Waals surface area (Å²) in [6.07, 6.45) is -0.479. The molecule has 0 saturated carbocycles. The molecule has 6 nitrogen and oxygen atoms in total. The molecule has 0 fully saturated rings. The number of guanidine groups is 1. The second kappa shape index (κ2) is 9.68. The van der Waals surface area contributed by atoms with Crippen LogP contribution in [0.4, 0.5) is 10.5 Å². The van der Waals surface area contributed by atoms with E-state index in [0.717, 1.165) is 24.6 Å². The summed E-state index contributed by atoms with van der Waals surface area (Å²) in [5.41, 5.74) is 1.75. The predicted molar refractivity (Wildman–Crippen MR) is 103 cm³/mol. The van der Waals surface area contributed by atoms with Crippen LogP contribution in [0.2, 0.25) is 0 Å². The van der Waals surface area contributed by atoms with Crippen LogP contribution in [0.5, 0.6) is 0 Å². The van der Waals surface area contributed by atoms with Crippen LogP contribution in [0.25, 0.3) is 0 Å². The van der Waals surface area contributed by atoms with Gasteiger partial charge in [0.05, 0.1) is 20.2 Å². The van der Waals surface area contributed by atoms with Crippen molar-refractivity contribution in [3.05, 3.63) is 51.7 Å². The lowest BCUT2D eigenvalue weighted by molar-refractivity contribution is 0.187. The third-order valence-corrected chi connectivity index (χ3v) is 4.38. The van der Waals surface area contributed by atoms with Crippen molar-refractivity contribution in [2.75, 3.05) is 19.0 Å². The average Bonchev–Trinajstić information content (AvgIpc) is 3.04. The Bertz CT molecular complexity index is 710. The van der Waals surface area contributed by atoms with Gasteiger partial charge in [-0.05, 0) is 43.7 Å². The first-order valence-corrected chi connectivity index (χ1v) is 8.93. The number of nitrogens with one attached hydrogen (secondary N) is 3. The van der Waals surface area contributed by atoms with Crippen LogP contribution in [0.15, 0.2) is 41.4 Å². The fourth-order valence-electron chi connectivity index (χ4n) is 2.13. The molecule has 0 aliphatic carbocycles. The van der Waals surface area contributed by atoms with Gasteiger partial charge in [0.1, 0.15) is 0 Å². The van der Waals surface area contributed by atoms with E-state index in [1.54, 1.807) is 11.3 Å². The number of rotatable bonds is 6. The minimum absolute atomic E-state index is 0.479. The van der Waals surface area contributed by atoms with E-state index in [9.17, 15) is 4.79 Å². The SMILES string of the molecule is CCNC(=NCc1ccc(NC(=O)OC)cc1)NCc1ccc(C)s1. The van der Waals surface area contributed by atoms with Gasteiger partial charge < -0.3 is 15.4 Å². The normalized spacial score (nSPS) is 11.1. The first kappa shape index (κ1) is 18.8. The number of ether oxygens (including phenoxy) is 1. The van der Waals surface area contributed by atoms with Crippen LogP contribution in [0.1, 0.15) is 22.2 Å². The first-order chi connectivity index (χ1) is 12.1. The summed E-state index contributed by atoms with van der Waals surface area (Å²) in [7, 11) is 1.34. The van der Waals surface area contributed by atoms with Crippen molar-refractivity contribution in [1.82, 2.24) is 10.6 Å². The summed E-state index contributed by atoms with van der Waals surface area (Å²) in [5, 5.41) is 9.21. The Kier molecular flexibility index (Phi) is 7.28. The number of methoxy groups -OCH3 is 1. The molecule has 0 atom stereocenters. The molecule has 3 N–H and O–H groups in total. The van der Waals surface area contributed by atoms with Gasteiger partial charge in [-0.1, -0.05) is 12.1 Å². The first-order valence-electron chi connectivity index (χ1n) is 8.12. The average molecular weight is 360 g/mol. The third kappa shape index (κ3) is 6.46. The summed E-state index contributed by atoms with van der Waals surface area (Å²) >= 11 is 1.78. The monoisotopic (exact) mass is 360 g/mol. The summed E-state index contributed by atoms with van der Waals surface area (Å²) < 4.78 is 4.57. The summed E-state index contributed by atoms with van der Waals surface area (Å²) in [4.78, 5) is 18.4. The highest BCUT2D eigenvalue weighted by atomic mass is 32.1. The van der Waals surface area contributed by atoms with E-state index in [4.69, 9.17) is 0 Å². The van der Waals surface area contributed by atoms with Crippen LogP contribution in [0, 0.1) is 6.92 Å². The zero-order valence-electron chi connectivity index (χ0n) is 14.8. The second-order valence-electron chi connectivity index (χ2n) is 5.37. The number of carbonyl (C=O) groups excluding carboxylic acids is 1. The third-order valence-electron chi connectivity index (χ3n) is 3.38. The lowest BCUT2D eigenvalue weighted by Gasteiger charge is -2.10. The maximum Gasteiger partial charge on any atom is 0.411 e. The summed E-state index contributed by atoms with van der Waals surface area (Å²) in [6, 6.07) is 11.8. The molecule has 7 heteroatoms. The number of hydrogen-bond acceptors (Lipinski definition) is 4. The summed E-state index contributed by atoms with van der Waals surface area (Å²) in [5.74, 6) is 0.783. The molecule has 0 radical (unpaired) electrons. The molecular formula is C18H24N4O2S. The van der Waals surface area contributed by atoms with Crippen LogP contribution in [-0.2, 0) is 17.8 Å². The number of aryl methyl sites for hydroxylation is 1. The van der Waals surface area contributed by atoms with Crippen LogP contribution >= 0.6 is 11.3 Å². The molecule has 0 aliphatic heterocycles. The molecule has 0 spiro atoms. The Morgan fingerprint density at radius 3 is 2.52 bits per heavy atom. The lowest BCUT2D eigenvalue weighted by atomic mass is 10.2. The number of amides is 1. The van der Waals surface area contributed by atoms with E-state index >= 15 is 0 Å². The van der Waals surface area contributed by atoms with E-state index < -0.39 is 6.09 Å². The van der Waals surface area contributed by atoms with E-state index in [2.05, 4.69) is 44.7 Å². The fourth-order valence-corrected chi connectivity index (χ4v) is 2.96. The van der Waals surface area contributed by atoms with E-state index in [1.165, 1.54) is 16.9 Å². The topological polar surface area (TPSA) is 74.8 Å². The fraction of sp³-hybridized carbons (Fsp3) is 0.333. The van der Waals surface area contributed by atoms with Gasteiger partial charge >= 0.3 is 6.09 Å². The van der Waals surface area contributed by atoms with Crippen molar-refractivity contribution in [1.29, 1.82) is 0 Å². The van der Waals surface area contributed by atoms with Gasteiger partial charge in [0, 0.05) is 22.0 Å². The molecular weight excluding hydrogens is 336 g/mol. The van der Waals surface area contributed by atoms with Crippen LogP contribution in [-0.4, -0.2) is 25.7 Å².